The van der Waals surface area contributed by atoms with Gasteiger partial charge in [-0.3, -0.25) is 0 Å². The molecular formula is C20H19FN6O2S. The Morgan fingerprint density at radius 3 is 2.47 bits per heavy atom. The van der Waals surface area contributed by atoms with Crippen LogP contribution in [0.25, 0.3) is 5.65 Å². The van der Waals surface area contributed by atoms with Crippen LogP contribution in [0.4, 0.5) is 10.2 Å². The Hall–Kier alpha value is -3.37. The second-order valence-electron chi connectivity index (χ2n) is 6.55. The number of anilines is 1. The molecule has 0 unspecified atom stereocenters. The minimum absolute atomic E-state index is 0.000486. The fourth-order valence-electron chi connectivity index (χ4n) is 2.87. The monoisotopic (exact) mass is 426 g/mol. The van der Waals surface area contributed by atoms with Crippen molar-refractivity contribution in [1.29, 1.82) is 0 Å². The molecule has 0 amide bonds. The molecule has 30 heavy (non-hydrogen) atoms. The Morgan fingerprint density at radius 1 is 0.933 bits per heavy atom. The Labute approximate surface area is 172 Å². The highest BCUT2D eigenvalue weighted by Crippen LogP contribution is 2.11. The van der Waals surface area contributed by atoms with E-state index in [4.69, 9.17) is 0 Å². The van der Waals surface area contributed by atoms with Gasteiger partial charge in [-0.05, 0) is 42.0 Å². The number of fused-ring (bicyclic) bond motifs is 1. The van der Waals surface area contributed by atoms with E-state index in [0.29, 0.717) is 23.8 Å². The molecule has 2 heterocycles. The van der Waals surface area contributed by atoms with Crippen molar-refractivity contribution < 1.29 is 12.8 Å². The maximum atomic E-state index is 13.0. The van der Waals surface area contributed by atoms with E-state index in [-0.39, 0.29) is 17.9 Å². The lowest BCUT2D eigenvalue weighted by molar-refractivity contribution is 0.579. The molecule has 4 aromatic rings. The predicted molar refractivity (Wildman–Crippen MR) is 110 cm³/mol. The molecule has 0 aliphatic carbocycles. The van der Waals surface area contributed by atoms with Gasteiger partial charge in [0.05, 0.1) is 4.90 Å². The number of nitrogens with one attached hydrogen (secondary N) is 2. The Morgan fingerprint density at radius 2 is 1.70 bits per heavy atom. The van der Waals surface area contributed by atoms with Crippen molar-refractivity contribution in [2.75, 3.05) is 11.9 Å². The topological polar surface area (TPSA) is 101 Å². The number of sulfonamides is 1. The number of rotatable bonds is 8. The Balaban J connectivity index is 1.42. The van der Waals surface area contributed by atoms with Crippen molar-refractivity contribution in [1.82, 2.24) is 24.5 Å². The van der Waals surface area contributed by atoms with Crippen molar-refractivity contribution in [2.45, 2.75) is 17.9 Å². The minimum atomic E-state index is -3.74. The van der Waals surface area contributed by atoms with Gasteiger partial charge in [-0.2, -0.15) is 4.52 Å². The lowest BCUT2D eigenvalue weighted by Gasteiger charge is -2.07. The van der Waals surface area contributed by atoms with Gasteiger partial charge in [-0.15, -0.1) is 15.3 Å². The minimum Gasteiger partial charge on any atom is -0.365 e. The second-order valence-corrected chi connectivity index (χ2v) is 8.31. The van der Waals surface area contributed by atoms with E-state index in [9.17, 15) is 12.8 Å². The summed E-state index contributed by atoms with van der Waals surface area (Å²) in [6.45, 7) is 0.720. The van der Waals surface area contributed by atoms with Crippen LogP contribution in [-0.4, -0.2) is 34.8 Å². The van der Waals surface area contributed by atoms with Gasteiger partial charge in [0.25, 0.3) is 0 Å². The first-order valence-electron chi connectivity index (χ1n) is 9.26. The third-order valence-electron chi connectivity index (χ3n) is 4.41. The molecule has 4 rings (SSSR count). The molecular weight excluding hydrogens is 407 g/mol. The first-order valence-corrected chi connectivity index (χ1v) is 10.7. The predicted octanol–water partition coefficient (Wildman–Crippen LogP) is 2.40. The summed E-state index contributed by atoms with van der Waals surface area (Å²) >= 11 is 0. The molecule has 0 saturated heterocycles. The van der Waals surface area contributed by atoms with Crippen LogP contribution in [0.2, 0.25) is 0 Å². The van der Waals surface area contributed by atoms with Crippen molar-refractivity contribution in [2.24, 2.45) is 0 Å². The highest BCUT2D eigenvalue weighted by Gasteiger charge is 2.15. The van der Waals surface area contributed by atoms with Gasteiger partial charge in [0.1, 0.15) is 11.6 Å². The molecule has 0 saturated carbocycles. The van der Waals surface area contributed by atoms with E-state index >= 15 is 0 Å². The third-order valence-corrected chi connectivity index (χ3v) is 5.89. The number of hydrogen-bond donors (Lipinski definition) is 2. The first kappa shape index (κ1) is 19.9. The van der Waals surface area contributed by atoms with E-state index < -0.39 is 15.8 Å². The Bertz CT molecular complexity index is 1240. The number of nitrogens with zero attached hydrogens (tertiary/aromatic N) is 4. The van der Waals surface area contributed by atoms with E-state index in [1.807, 2.05) is 36.4 Å². The standard InChI is InChI=1S/C20H19FN6O2S/c21-16-6-8-17(9-7-16)30(28,29)23-13-12-20-25-24-19-11-10-18(26-27(19)20)22-14-15-4-2-1-3-5-15/h1-11,23H,12-14H2,(H,22,26). The second kappa shape index (κ2) is 8.56. The fraction of sp³-hybridized carbons (Fsp3) is 0.150. The van der Waals surface area contributed by atoms with Gasteiger partial charge in [-0.1, -0.05) is 30.3 Å². The van der Waals surface area contributed by atoms with Crippen molar-refractivity contribution in [3.63, 3.8) is 0 Å². The van der Waals surface area contributed by atoms with Crippen LogP contribution in [0.15, 0.2) is 71.6 Å². The fourth-order valence-corrected chi connectivity index (χ4v) is 3.90. The lowest BCUT2D eigenvalue weighted by atomic mass is 10.2. The van der Waals surface area contributed by atoms with Crippen LogP contribution in [0.3, 0.4) is 0 Å². The third kappa shape index (κ3) is 4.61. The quantitative estimate of drug-likeness (QED) is 0.449. The summed E-state index contributed by atoms with van der Waals surface area (Å²) in [6.07, 6.45) is 0.288. The molecule has 0 radical (unpaired) electrons. The summed E-state index contributed by atoms with van der Waals surface area (Å²) in [5.74, 6) is 0.682. The zero-order valence-electron chi connectivity index (χ0n) is 15.9. The van der Waals surface area contributed by atoms with Crippen LogP contribution < -0.4 is 10.0 Å². The van der Waals surface area contributed by atoms with Gasteiger partial charge in [-0.25, -0.2) is 17.5 Å². The maximum absolute atomic E-state index is 13.0. The van der Waals surface area contributed by atoms with Gasteiger partial charge < -0.3 is 5.32 Å². The van der Waals surface area contributed by atoms with Crippen LogP contribution in [0.1, 0.15) is 11.4 Å². The zero-order valence-corrected chi connectivity index (χ0v) is 16.7. The maximum Gasteiger partial charge on any atom is 0.240 e. The average Bonchev–Trinajstić information content (AvgIpc) is 3.15. The van der Waals surface area contributed by atoms with Crippen molar-refractivity contribution >= 4 is 21.5 Å². The molecule has 0 atom stereocenters. The van der Waals surface area contributed by atoms with Crippen molar-refractivity contribution in [3.8, 4) is 0 Å². The first-order chi connectivity index (χ1) is 14.5. The van der Waals surface area contributed by atoms with E-state index in [1.54, 1.807) is 10.6 Å². The van der Waals surface area contributed by atoms with Gasteiger partial charge in [0.2, 0.25) is 10.0 Å². The number of halogens is 1. The lowest BCUT2D eigenvalue weighted by Crippen LogP contribution is -2.26. The van der Waals surface area contributed by atoms with Crippen LogP contribution in [0, 0.1) is 5.82 Å². The molecule has 2 aromatic heterocycles. The number of aromatic nitrogens is 4. The molecule has 0 aliphatic heterocycles. The zero-order chi connectivity index (χ0) is 21.0. The molecule has 0 aliphatic rings. The highest BCUT2D eigenvalue weighted by molar-refractivity contribution is 7.89. The normalized spacial score (nSPS) is 11.6. The summed E-state index contributed by atoms with van der Waals surface area (Å²) in [5.41, 5.74) is 1.69. The van der Waals surface area contributed by atoms with Crippen LogP contribution in [-0.2, 0) is 23.0 Å². The molecule has 2 aromatic carbocycles. The number of hydrogen-bond acceptors (Lipinski definition) is 6. The largest absolute Gasteiger partial charge is 0.365 e. The van der Waals surface area contributed by atoms with Crippen LogP contribution >= 0.6 is 0 Å². The van der Waals surface area contributed by atoms with Crippen LogP contribution in [0.5, 0.6) is 0 Å². The van der Waals surface area contributed by atoms with Crippen molar-refractivity contribution in [3.05, 3.63) is 83.9 Å². The van der Waals surface area contributed by atoms with E-state index in [1.165, 1.54) is 12.1 Å². The van der Waals surface area contributed by atoms with Gasteiger partial charge in [0, 0.05) is 19.5 Å². The Kier molecular flexibility index (Phi) is 5.68. The smallest absolute Gasteiger partial charge is 0.240 e. The molecule has 10 heteroatoms. The highest BCUT2D eigenvalue weighted by atomic mass is 32.2. The SMILES string of the molecule is O=S(=O)(NCCc1nnc2ccc(NCc3ccccc3)nn12)c1ccc(F)cc1. The summed E-state index contributed by atoms with van der Waals surface area (Å²) in [7, 11) is -3.74. The molecule has 0 fully saturated rings. The molecule has 8 nitrogen and oxygen atoms in total. The molecule has 2 N–H and O–H groups in total. The summed E-state index contributed by atoms with van der Waals surface area (Å²) < 4.78 is 41.7. The molecule has 0 bridgehead atoms. The van der Waals surface area contributed by atoms with E-state index in [0.717, 1.165) is 17.7 Å². The summed E-state index contributed by atoms with van der Waals surface area (Å²) in [5, 5.41) is 15.9. The van der Waals surface area contributed by atoms with Gasteiger partial charge in [0.15, 0.2) is 11.5 Å². The molecule has 0 spiro atoms. The summed E-state index contributed by atoms with van der Waals surface area (Å²) in [4.78, 5) is 0.000486. The van der Waals surface area contributed by atoms with E-state index in [2.05, 4.69) is 25.3 Å². The molecule has 154 valence electrons. The van der Waals surface area contributed by atoms with Gasteiger partial charge >= 0.3 is 0 Å². The summed E-state index contributed by atoms with van der Waals surface area (Å²) in [6, 6.07) is 18.2. The number of benzene rings is 2. The average molecular weight is 426 g/mol.